The Morgan fingerprint density at radius 1 is 1.10 bits per heavy atom. The number of aromatic nitrogens is 2. The van der Waals surface area contributed by atoms with E-state index in [1.165, 1.54) is 13.2 Å². The number of ether oxygens (including phenoxy) is 1. The first-order chi connectivity index (χ1) is 18.9. The molecule has 1 amide bonds. The first-order valence-electron chi connectivity index (χ1n) is 12.5. The predicted octanol–water partition coefficient (Wildman–Crippen LogP) is 5.68. The molecule has 0 unspecified atom stereocenters. The Morgan fingerprint density at radius 3 is 2.45 bits per heavy atom. The summed E-state index contributed by atoms with van der Waals surface area (Å²) in [6, 6.07) is 10.0. The third kappa shape index (κ3) is 7.85. The fourth-order valence-electron chi connectivity index (χ4n) is 3.86. The third-order valence-electron chi connectivity index (χ3n) is 5.99. The molecule has 0 aliphatic rings. The minimum atomic E-state index is -4.71. The SMILES string of the molecule is C=CC(=O)Nc1cccc(Nc2nc(Nc3cc(CC)c(N(C)CCN(C)C)cc3OC)ncc2C(F)(F)F)c1. The lowest BCUT2D eigenvalue weighted by molar-refractivity contribution is -0.137. The number of carbonyl (C=O) groups is 1. The van der Waals surface area contributed by atoms with Crippen molar-refractivity contribution in [1.29, 1.82) is 0 Å². The van der Waals surface area contributed by atoms with Gasteiger partial charge in [-0.05, 0) is 56.4 Å². The summed E-state index contributed by atoms with van der Waals surface area (Å²) >= 11 is 0. The van der Waals surface area contributed by atoms with Crippen LogP contribution in [-0.2, 0) is 17.4 Å². The van der Waals surface area contributed by atoms with E-state index in [9.17, 15) is 18.0 Å². The fraction of sp³-hybridized carbons (Fsp3) is 0.321. The molecule has 0 atom stereocenters. The van der Waals surface area contributed by atoms with Crippen molar-refractivity contribution in [1.82, 2.24) is 14.9 Å². The van der Waals surface area contributed by atoms with Gasteiger partial charge in [-0.1, -0.05) is 19.6 Å². The molecule has 0 fully saturated rings. The van der Waals surface area contributed by atoms with Crippen molar-refractivity contribution >= 4 is 40.4 Å². The van der Waals surface area contributed by atoms with Gasteiger partial charge in [-0.15, -0.1) is 0 Å². The van der Waals surface area contributed by atoms with Crippen LogP contribution in [-0.4, -0.2) is 62.1 Å². The molecule has 0 radical (unpaired) electrons. The predicted molar refractivity (Wildman–Crippen MR) is 153 cm³/mol. The van der Waals surface area contributed by atoms with E-state index in [2.05, 4.69) is 42.3 Å². The van der Waals surface area contributed by atoms with Crippen molar-refractivity contribution in [2.45, 2.75) is 19.5 Å². The van der Waals surface area contributed by atoms with Gasteiger partial charge in [0.05, 0.1) is 12.8 Å². The number of benzene rings is 2. The lowest BCUT2D eigenvalue weighted by Crippen LogP contribution is -2.29. The number of anilines is 6. The topological polar surface area (TPSA) is 94.6 Å². The van der Waals surface area contributed by atoms with Crippen LogP contribution in [0.15, 0.2) is 55.3 Å². The second-order valence-electron chi connectivity index (χ2n) is 9.24. The molecule has 214 valence electrons. The third-order valence-corrected chi connectivity index (χ3v) is 5.99. The van der Waals surface area contributed by atoms with Gasteiger partial charge >= 0.3 is 6.18 Å². The number of likely N-dealkylation sites (N-methyl/N-ethyl adjacent to an activating group) is 2. The summed E-state index contributed by atoms with van der Waals surface area (Å²) in [4.78, 5) is 23.9. The van der Waals surface area contributed by atoms with E-state index in [0.29, 0.717) is 17.1 Å². The zero-order chi connectivity index (χ0) is 29.4. The number of nitrogens with zero attached hydrogens (tertiary/aromatic N) is 4. The Labute approximate surface area is 232 Å². The van der Waals surface area contributed by atoms with Gasteiger partial charge in [-0.25, -0.2) is 4.98 Å². The molecule has 2 aromatic carbocycles. The first-order valence-corrected chi connectivity index (χ1v) is 12.5. The lowest BCUT2D eigenvalue weighted by atomic mass is 10.1. The highest BCUT2D eigenvalue weighted by molar-refractivity contribution is 5.99. The molecule has 3 aromatic rings. The standard InChI is InChI=1S/C28H34F3N7O2/c1-7-18-14-22(24(40-6)16-23(18)38(5)13-12-37(3)4)35-27-32-17-21(28(29,30)31)26(36-27)34-20-11-9-10-19(15-20)33-25(39)8-2/h8-11,14-17H,2,7,12-13H2,1,3-6H3,(H,33,39)(H2,32,34,35,36). The van der Waals surface area contributed by atoms with Gasteiger partial charge in [0.15, 0.2) is 0 Å². The normalized spacial score (nSPS) is 11.2. The molecule has 12 heteroatoms. The molecule has 1 aromatic heterocycles. The molecule has 0 aliphatic carbocycles. The molecule has 0 bridgehead atoms. The number of aryl methyl sites for hydroxylation is 1. The Bertz CT molecular complexity index is 1350. The van der Waals surface area contributed by atoms with E-state index in [4.69, 9.17) is 4.74 Å². The van der Waals surface area contributed by atoms with Gasteiger partial charge in [-0.3, -0.25) is 4.79 Å². The Kier molecular flexibility index (Phi) is 9.94. The molecule has 3 rings (SSSR count). The highest BCUT2D eigenvalue weighted by Crippen LogP contribution is 2.38. The van der Waals surface area contributed by atoms with Crippen LogP contribution in [0, 0.1) is 0 Å². The maximum absolute atomic E-state index is 13.8. The zero-order valence-electron chi connectivity index (χ0n) is 23.2. The van der Waals surface area contributed by atoms with Crippen molar-refractivity contribution < 1.29 is 22.7 Å². The van der Waals surface area contributed by atoms with E-state index in [1.54, 1.807) is 18.2 Å². The molecule has 0 saturated carbocycles. The van der Waals surface area contributed by atoms with Gasteiger partial charge < -0.3 is 30.5 Å². The summed E-state index contributed by atoms with van der Waals surface area (Å²) in [6.45, 7) is 7.07. The molecule has 1 heterocycles. The van der Waals surface area contributed by atoms with Crippen LogP contribution in [0.5, 0.6) is 5.75 Å². The summed E-state index contributed by atoms with van der Waals surface area (Å²) in [7, 11) is 7.54. The number of hydrogen-bond donors (Lipinski definition) is 3. The largest absolute Gasteiger partial charge is 0.494 e. The minimum absolute atomic E-state index is 0.0549. The lowest BCUT2D eigenvalue weighted by Gasteiger charge is -2.25. The number of alkyl halides is 3. The number of carbonyl (C=O) groups excluding carboxylic acids is 1. The second-order valence-corrected chi connectivity index (χ2v) is 9.24. The van der Waals surface area contributed by atoms with Crippen LogP contribution in [0.3, 0.4) is 0 Å². The van der Waals surface area contributed by atoms with Crippen LogP contribution in [0.25, 0.3) is 0 Å². The maximum Gasteiger partial charge on any atom is 0.421 e. The van der Waals surface area contributed by atoms with Crippen molar-refractivity contribution in [2.75, 3.05) is 62.2 Å². The summed E-state index contributed by atoms with van der Waals surface area (Å²) in [6.07, 6.45) is -2.17. The van der Waals surface area contributed by atoms with Gasteiger partial charge in [-0.2, -0.15) is 18.2 Å². The summed E-state index contributed by atoms with van der Waals surface area (Å²) in [5, 5.41) is 8.29. The molecule has 0 spiro atoms. The quantitative estimate of drug-likeness (QED) is 0.245. The number of methoxy groups -OCH3 is 1. The van der Waals surface area contributed by atoms with Crippen LogP contribution in [0.2, 0.25) is 0 Å². The number of hydrogen-bond acceptors (Lipinski definition) is 8. The highest BCUT2D eigenvalue weighted by Gasteiger charge is 2.35. The van der Waals surface area contributed by atoms with E-state index in [0.717, 1.165) is 43.0 Å². The highest BCUT2D eigenvalue weighted by atomic mass is 19.4. The Balaban J connectivity index is 1.96. The molecule has 3 N–H and O–H groups in total. The van der Waals surface area contributed by atoms with Crippen LogP contribution >= 0.6 is 0 Å². The minimum Gasteiger partial charge on any atom is -0.494 e. The van der Waals surface area contributed by atoms with Crippen LogP contribution in [0.1, 0.15) is 18.1 Å². The average Bonchev–Trinajstić information content (AvgIpc) is 2.91. The summed E-state index contributed by atoms with van der Waals surface area (Å²) in [5.41, 5.74) is 2.15. The zero-order valence-corrected chi connectivity index (χ0v) is 23.2. The summed E-state index contributed by atoms with van der Waals surface area (Å²) in [5.74, 6) is -0.461. The van der Waals surface area contributed by atoms with E-state index >= 15 is 0 Å². The average molecular weight is 558 g/mol. The van der Waals surface area contributed by atoms with Gasteiger partial charge in [0.1, 0.15) is 17.1 Å². The molecular formula is C28H34F3N7O2. The van der Waals surface area contributed by atoms with Crippen molar-refractivity contribution in [3.8, 4) is 5.75 Å². The number of rotatable bonds is 12. The fourth-order valence-corrected chi connectivity index (χ4v) is 3.86. The molecule has 40 heavy (non-hydrogen) atoms. The van der Waals surface area contributed by atoms with E-state index < -0.39 is 23.5 Å². The molecule has 9 nitrogen and oxygen atoms in total. The van der Waals surface area contributed by atoms with Crippen LogP contribution in [0.4, 0.5) is 47.7 Å². The number of amides is 1. The monoisotopic (exact) mass is 557 g/mol. The van der Waals surface area contributed by atoms with E-state index in [1.807, 2.05) is 40.2 Å². The summed E-state index contributed by atoms with van der Waals surface area (Å²) < 4.78 is 47.1. The smallest absolute Gasteiger partial charge is 0.421 e. The van der Waals surface area contributed by atoms with Crippen molar-refractivity contribution in [2.24, 2.45) is 0 Å². The van der Waals surface area contributed by atoms with Gasteiger partial charge in [0.25, 0.3) is 0 Å². The van der Waals surface area contributed by atoms with Crippen molar-refractivity contribution in [3.05, 3.63) is 66.4 Å². The van der Waals surface area contributed by atoms with Crippen molar-refractivity contribution in [3.63, 3.8) is 0 Å². The van der Waals surface area contributed by atoms with Gasteiger partial charge in [0.2, 0.25) is 11.9 Å². The Morgan fingerprint density at radius 2 is 1.82 bits per heavy atom. The van der Waals surface area contributed by atoms with E-state index in [-0.39, 0.29) is 11.6 Å². The molecule has 0 saturated heterocycles. The first kappa shape index (κ1) is 30.2. The number of nitrogens with one attached hydrogen (secondary N) is 3. The molecule has 0 aliphatic heterocycles. The number of halogens is 3. The second kappa shape index (κ2) is 13.2. The maximum atomic E-state index is 13.8. The van der Waals surface area contributed by atoms with Gasteiger partial charge in [0, 0.05) is 49.5 Å². The van der Waals surface area contributed by atoms with Crippen LogP contribution < -0.4 is 25.6 Å². The Hall–Kier alpha value is -4.32. The molecular weight excluding hydrogens is 523 g/mol.